The number of carboxylic acid groups (broad SMARTS) is 1. The summed E-state index contributed by atoms with van der Waals surface area (Å²) in [6.07, 6.45) is 0. The Labute approximate surface area is 136 Å². The SMILES string of the molecule is C[C@H](NC(=O)CN1C(=O)NC(C)(c2ccc(F)cc2)C1=O)C(=O)O. The third-order valence-electron chi connectivity index (χ3n) is 3.75. The number of hydrogen-bond acceptors (Lipinski definition) is 4. The fraction of sp³-hybridized carbons (Fsp3) is 0.333. The first-order chi connectivity index (χ1) is 11.1. The summed E-state index contributed by atoms with van der Waals surface area (Å²) >= 11 is 0. The van der Waals surface area contributed by atoms with Crippen molar-refractivity contribution in [2.75, 3.05) is 6.54 Å². The van der Waals surface area contributed by atoms with E-state index in [1.54, 1.807) is 0 Å². The van der Waals surface area contributed by atoms with Gasteiger partial charge >= 0.3 is 12.0 Å². The van der Waals surface area contributed by atoms with Crippen LogP contribution in [0.4, 0.5) is 9.18 Å². The standard InChI is InChI=1S/C15H16FN3O5/c1-8(12(21)22)17-11(20)7-19-13(23)15(2,18-14(19)24)9-3-5-10(16)6-4-9/h3-6,8H,7H2,1-2H3,(H,17,20)(H,18,24)(H,21,22)/t8-,15?/m0/s1. The van der Waals surface area contributed by atoms with Gasteiger partial charge in [0.15, 0.2) is 0 Å². The van der Waals surface area contributed by atoms with Gasteiger partial charge in [-0.25, -0.2) is 9.18 Å². The van der Waals surface area contributed by atoms with Crippen molar-refractivity contribution in [3.05, 3.63) is 35.6 Å². The van der Waals surface area contributed by atoms with E-state index >= 15 is 0 Å². The van der Waals surface area contributed by atoms with Gasteiger partial charge in [0.25, 0.3) is 5.91 Å². The van der Waals surface area contributed by atoms with Crippen molar-refractivity contribution in [1.29, 1.82) is 0 Å². The molecule has 1 aliphatic rings. The molecule has 0 aromatic heterocycles. The highest BCUT2D eigenvalue weighted by Crippen LogP contribution is 2.28. The van der Waals surface area contributed by atoms with Crippen LogP contribution < -0.4 is 10.6 Å². The highest BCUT2D eigenvalue weighted by atomic mass is 19.1. The summed E-state index contributed by atoms with van der Waals surface area (Å²) in [5.74, 6) is -3.19. The molecule has 8 nitrogen and oxygen atoms in total. The molecular weight excluding hydrogens is 321 g/mol. The fourth-order valence-electron chi connectivity index (χ4n) is 2.31. The lowest BCUT2D eigenvalue weighted by atomic mass is 9.92. The molecule has 0 radical (unpaired) electrons. The summed E-state index contributed by atoms with van der Waals surface area (Å²) in [4.78, 5) is 47.7. The number of benzene rings is 1. The normalized spacial score (nSPS) is 21.4. The van der Waals surface area contributed by atoms with Crippen molar-refractivity contribution in [3.63, 3.8) is 0 Å². The van der Waals surface area contributed by atoms with E-state index in [4.69, 9.17) is 5.11 Å². The van der Waals surface area contributed by atoms with Crippen LogP contribution in [0.3, 0.4) is 0 Å². The fourth-order valence-corrected chi connectivity index (χ4v) is 2.31. The van der Waals surface area contributed by atoms with E-state index in [1.165, 1.54) is 26.0 Å². The monoisotopic (exact) mass is 337 g/mol. The molecule has 1 fully saturated rings. The van der Waals surface area contributed by atoms with Crippen LogP contribution in [0, 0.1) is 5.82 Å². The Hall–Kier alpha value is -2.97. The average molecular weight is 337 g/mol. The third-order valence-corrected chi connectivity index (χ3v) is 3.75. The van der Waals surface area contributed by atoms with Gasteiger partial charge in [-0.1, -0.05) is 12.1 Å². The Morgan fingerprint density at radius 1 is 1.33 bits per heavy atom. The van der Waals surface area contributed by atoms with Gasteiger partial charge in [-0.05, 0) is 31.5 Å². The van der Waals surface area contributed by atoms with Gasteiger partial charge < -0.3 is 15.7 Å². The molecular formula is C15H16FN3O5. The van der Waals surface area contributed by atoms with Gasteiger partial charge in [0.05, 0.1) is 0 Å². The number of amides is 4. The molecule has 2 rings (SSSR count). The van der Waals surface area contributed by atoms with Gasteiger partial charge in [0.1, 0.15) is 23.9 Å². The molecule has 24 heavy (non-hydrogen) atoms. The summed E-state index contributed by atoms with van der Waals surface area (Å²) in [6, 6.07) is 3.10. The summed E-state index contributed by atoms with van der Waals surface area (Å²) in [7, 11) is 0. The predicted octanol–water partition coefficient (Wildman–Crippen LogP) is 0.182. The van der Waals surface area contributed by atoms with Crippen LogP contribution in [0.1, 0.15) is 19.4 Å². The number of nitrogens with one attached hydrogen (secondary N) is 2. The first-order valence-electron chi connectivity index (χ1n) is 7.07. The zero-order valence-corrected chi connectivity index (χ0v) is 13.0. The second kappa shape index (κ2) is 6.26. The number of halogens is 1. The Morgan fingerprint density at radius 3 is 2.46 bits per heavy atom. The summed E-state index contributed by atoms with van der Waals surface area (Å²) < 4.78 is 13.0. The molecule has 0 spiro atoms. The van der Waals surface area contributed by atoms with Crippen molar-refractivity contribution >= 4 is 23.8 Å². The molecule has 1 aliphatic heterocycles. The maximum atomic E-state index is 13.0. The predicted molar refractivity (Wildman–Crippen MR) is 79.2 cm³/mol. The van der Waals surface area contributed by atoms with Crippen LogP contribution >= 0.6 is 0 Å². The average Bonchev–Trinajstić information content (AvgIpc) is 2.72. The lowest BCUT2D eigenvalue weighted by molar-refractivity contribution is -0.141. The van der Waals surface area contributed by atoms with E-state index in [9.17, 15) is 23.6 Å². The molecule has 128 valence electrons. The Balaban J connectivity index is 2.15. The van der Waals surface area contributed by atoms with Crippen LogP contribution in [-0.2, 0) is 19.9 Å². The molecule has 2 atom stereocenters. The van der Waals surface area contributed by atoms with E-state index in [1.807, 2.05) is 0 Å². The first kappa shape index (κ1) is 17.4. The van der Waals surface area contributed by atoms with Gasteiger partial charge in [-0.3, -0.25) is 19.3 Å². The summed E-state index contributed by atoms with van der Waals surface area (Å²) in [6.45, 7) is 2.09. The molecule has 1 aromatic carbocycles. The summed E-state index contributed by atoms with van der Waals surface area (Å²) in [5.41, 5.74) is -1.06. The van der Waals surface area contributed by atoms with Crippen LogP contribution in [0.5, 0.6) is 0 Å². The van der Waals surface area contributed by atoms with Gasteiger partial charge in [0, 0.05) is 0 Å². The summed E-state index contributed by atoms with van der Waals surface area (Å²) in [5, 5.41) is 13.4. The van der Waals surface area contributed by atoms with Crippen LogP contribution in [-0.4, -0.2) is 46.4 Å². The van der Waals surface area contributed by atoms with Gasteiger partial charge in [-0.2, -0.15) is 0 Å². The first-order valence-corrected chi connectivity index (χ1v) is 7.07. The van der Waals surface area contributed by atoms with E-state index in [0.717, 1.165) is 12.1 Å². The maximum absolute atomic E-state index is 13.0. The van der Waals surface area contributed by atoms with Crippen LogP contribution in [0.25, 0.3) is 0 Å². The number of urea groups is 1. The molecule has 4 amide bonds. The van der Waals surface area contributed by atoms with E-state index < -0.39 is 47.8 Å². The number of aliphatic carboxylic acids is 1. The number of hydrogen-bond donors (Lipinski definition) is 3. The minimum Gasteiger partial charge on any atom is -0.480 e. The van der Waals surface area contributed by atoms with E-state index in [-0.39, 0.29) is 0 Å². The lowest BCUT2D eigenvalue weighted by Gasteiger charge is -2.22. The molecule has 9 heteroatoms. The Kier molecular flexibility index (Phi) is 4.54. The molecule has 1 heterocycles. The number of rotatable bonds is 5. The minimum atomic E-state index is -1.43. The Morgan fingerprint density at radius 2 is 1.92 bits per heavy atom. The number of imide groups is 1. The van der Waals surface area contributed by atoms with Crippen molar-refractivity contribution in [3.8, 4) is 0 Å². The van der Waals surface area contributed by atoms with Crippen molar-refractivity contribution in [2.45, 2.75) is 25.4 Å². The minimum absolute atomic E-state index is 0.365. The van der Waals surface area contributed by atoms with Gasteiger partial charge in [-0.15, -0.1) is 0 Å². The van der Waals surface area contributed by atoms with Crippen molar-refractivity contribution in [1.82, 2.24) is 15.5 Å². The quantitative estimate of drug-likeness (QED) is 0.663. The smallest absolute Gasteiger partial charge is 0.325 e. The zero-order valence-electron chi connectivity index (χ0n) is 13.0. The molecule has 3 N–H and O–H groups in total. The highest BCUT2D eigenvalue weighted by molar-refractivity contribution is 6.09. The van der Waals surface area contributed by atoms with E-state index in [0.29, 0.717) is 10.5 Å². The lowest BCUT2D eigenvalue weighted by Crippen LogP contribution is -2.46. The third kappa shape index (κ3) is 3.19. The number of carbonyl (C=O) groups is 4. The zero-order chi connectivity index (χ0) is 18.1. The molecule has 1 aromatic rings. The molecule has 0 saturated carbocycles. The maximum Gasteiger partial charge on any atom is 0.325 e. The number of carboxylic acids is 1. The largest absolute Gasteiger partial charge is 0.480 e. The van der Waals surface area contributed by atoms with Crippen molar-refractivity contribution < 1.29 is 28.7 Å². The number of carbonyl (C=O) groups excluding carboxylic acids is 3. The highest BCUT2D eigenvalue weighted by Gasteiger charge is 2.49. The van der Waals surface area contributed by atoms with Crippen LogP contribution in [0.2, 0.25) is 0 Å². The van der Waals surface area contributed by atoms with Gasteiger partial charge in [0.2, 0.25) is 5.91 Å². The Bertz CT molecular complexity index is 706. The second-order valence-electron chi connectivity index (χ2n) is 5.58. The second-order valence-corrected chi connectivity index (χ2v) is 5.58. The molecule has 1 unspecified atom stereocenters. The topological polar surface area (TPSA) is 116 Å². The molecule has 0 aliphatic carbocycles. The molecule has 0 bridgehead atoms. The molecule has 1 saturated heterocycles. The number of nitrogens with zero attached hydrogens (tertiary/aromatic N) is 1. The van der Waals surface area contributed by atoms with E-state index in [2.05, 4.69) is 10.6 Å². The van der Waals surface area contributed by atoms with Crippen LogP contribution in [0.15, 0.2) is 24.3 Å². The van der Waals surface area contributed by atoms with Crippen molar-refractivity contribution in [2.24, 2.45) is 0 Å².